The van der Waals surface area contributed by atoms with Crippen LogP contribution in [0.5, 0.6) is 0 Å². The quantitative estimate of drug-likeness (QED) is 0.650. The van der Waals surface area contributed by atoms with Gasteiger partial charge in [0.2, 0.25) is 0 Å². The minimum absolute atomic E-state index is 0.496. The zero-order valence-electron chi connectivity index (χ0n) is 10.6. The summed E-state index contributed by atoms with van der Waals surface area (Å²) in [6.07, 6.45) is 1.85. The van der Waals surface area contributed by atoms with Crippen molar-refractivity contribution in [3.05, 3.63) is 54.2 Å². The molecule has 0 spiro atoms. The number of furan rings is 1. The molecule has 2 heterocycles. The van der Waals surface area contributed by atoms with Crippen molar-refractivity contribution in [1.82, 2.24) is 4.98 Å². The van der Waals surface area contributed by atoms with Crippen molar-refractivity contribution in [3.63, 3.8) is 0 Å². The molecule has 0 saturated heterocycles. The predicted molar refractivity (Wildman–Crippen MR) is 73.5 cm³/mol. The molecule has 3 rings (SSSR count). The lowest BCUT2D eigenvalue weighted by molar-refractivity contribution is 0.628. The van der Waals surface area contributed by atoms with Gasteiger partial charge >= 0.3 is 0 Å². The molecule has 3 aromatic rings. The lowest BCUT2D eigenvalue weighted by Crippen LogP contribution is -1.89. The molecule has 0 aliphatic rings. The van der Waals surface area contributed by atoms with Gasteiger partial charge in [0, 0.05) is 11.6 Å². The molecule has 0 saturated carbocycles. The van der Waals surface area contributed by atoms with Gasteiger partial charge in [-0.05, 0) is 35.7 Å². The number of aromatic nitrogens is 1. The van der Waals surface area contributed by atoms with Crippen molar-refractivity contribution in [2.24, 2.45) is 0 Å². The number of nitrogens with zero attached hydrogens (tertiary/aromatic N) is 1. The predicted octanol–water partition coefficient (Wildman–Crippen LogP) is 4.62. The normalized spacial score (nSPS) is 11.3. The third kappa shape index (κ3) is 1.90. The van der Waals surface area contributed by atoms with E-state index >= 15 is 0 Å². The van der Waals surface area contributed by atoms with Crippen molar-refractivity contribution in [2.75, 3.05) is 0 Å². The fraction of sp³-hybridized carbons (Fsp3) is 0.188. The number of pyridine rings is 1. The molecule has 0 atom stereocenters. The highest BCUT2D eigenvalue weighted by atomic mass is 16.3. The minimum atomic E-state index is 0.496. The Morgan fingerprint density at radius 1 is 1.06 bits per heavy atom. The molecule has 0 N–H and O–H groups in total. The first-order valence-corrected chi connectivity index (χ1v) is 6.19. The van der Waals surface area contributed by atoms with Gasteiger partial charge in [-0.1, -0.05) is 32.0 Å². The molecule has 2 aromatic heterocycles. The summed E-state index contributed by atoms with van der Waals surface area (Å²) in [6, 6.07) is 14.2. The van der Waals surface area contributed by atoms with Gasteiger partial charge < -0.3 is 4.42 Å². The van der Waals surface area contributed by atoms with Crippen LogP contribution in [0.25, 0.3) is 22.4 Å². The van der Waals surface area contributed by atoms with Crippen molar-refractivity contribution < 1.29 is 4.42 Å². The summed E-state index contributed by atoms with van der Waals surface area (Å²) in [7, 11) is 0. The molecular formula is C16H15NO. The molecule has 0 unspecified atom stereocenters. The Hall–Kier alpha value is -2.09. The van der Waals surface area contributed by atoms with Gasteiger partial charge in [0.25, 0.3) is 0 Å². The highest BCUT2D eigenvalue weighted by Gasteiger charge is 2.08. The fourth-order valence-electron chi connectivity index (χ4n) is 2.05. The van der Waals surface area contributed by atoms with E-state index in [1.54, 1.807) is 0 Å². The zero-order valence-corrected chi connectivity index (χ0v) is 10.6. The number of benzene rings is 1. The Kier molecular flexibility index (Phi) is 2.63. The summed E-state index contributed by atoms with van der Waals surface area (Å²) in [5, 5.41) is 1.12. The second-order valence-electron chi connectivity index (χ2n) is 4.78. The Labute approximate surface area is 106 Å². The number of hydrogen-bond acceptors (Lipinski definition) is 2. The first kappa shape index (κ1) is 11.0. The molecule has 2 heteroatoms. The lowest BCUT2D eigenvalue weighted by atomic mass is 10.0. The average Bonchev–Trinajstić information content (AvgIpc) is 2.82. The van der Waals surface area contributed by atoms with Gasteiger partial charge in [-0.15, -0.1) is 0 Å². The fourth-order valence-corrected chi connectivity index (χ4v) is 2.05. The first-order chi connectivity index (χ1) is 8.74. The molecule has 0 bridgehead atoms. The van der Waals surface area contributed by atoms with Crippen molar-refractivity contribution in [1.29, 1.82) is 0 Å². The molecule has 2 nitrogen and oxygen atoms in total. The summed E-state index contributed by atoms with van der Waals surface area (Å²) in [5.41, 5.74) is 3.09. The molecule has 0 fully saturated rings. The van der Waals surface area contributed by atoms with Gasteiger partial charge in [0.05, 0.1) is 0 Å². The first-order valence-electron chi connectivity index (χ1n) is 6.19. The summed E-state index contributed by atoms with van der Waals surface area (Å²) in [4.78, 5) is 4.39. The molecule has 18 heavy (non-hydrogen) atoms. The second-order valence-corrected chi connectivity index (χ2v) is 4.78. The molecule has 90 valence electrons. The highest BCUT2D eigenvalue weighted by Crippen LogP contribution is 2.27. The van der Waals surface area contributed by atoms with Crippen LogP contribution in [0.2, 0.25) is 0 Å². The minimum Gasteiger partial charge on any atom is -0.454 e. The third-order valence-corrected chi connectivity index (χ3v) is 3.13. The van der Waals surface area contributed by atoms with E-state index in [9.17, 15) is 0 Å². The number of hydrogen-bond donors (Lipinski definition) is 0. The second kappa shape index (κ2) is 4.30. The Bertz CT molecular complexity index is 649. The van der Waals surface area contributed by atoms with Crippen LogP contribution >= 0.6 is 0 Å². The van der Waals surface area contributed by atoms with Gasteiger partial charge in [-0.2, -0.15) is 0 Å². The van der Waals surface area contributed by atoms with E-state index in [0.29, 0.717) is 5.92 Å². The van der Waals surface area contributed by atoms with Gasteiger partial charge in [0.15, 0.2) is 5.76 Å². The molecule has 0 amide bonds. The van der Waals surface area contributed by atoms with Gasteiger partial charge in [0.1, 0.15) is 11.3 Å². The van der Waals surface area contributed by atoms with Crippen LogP contribution in [-0.2, 0) is 0 Å². The monoisotopic (exact) mass is 237 g/mol. The van der Waals surface area contributed by atoms with Crippen LogP contribution in [0.3, 0.4) is 0 Å². The summed E-state index contributed by atoms with van der Waals surface area (Å²) in [6.45, 7) is 4.36. The van der Waals surface area contributed by atoms with Crippen LogP contribution in [0, 0.1) is 0 Å². The van der Waals surface area contributed by atoms with Crippen LogP contribution in [0.1, 0.15) is 25.3 Å². The maximum atomic E-state index is 5.83. The van der Waals surface area contributed by atoms with E-state index in [1.165, 1.54) is 5.56 Å². The van der Waals surface area contributed by atoms with E-state index in [-0.39, 0.29) is 0 Å². The zero-order chi connectivity index (χ0) is 12.5. The third-order valence-electron chi connectivity index (χ3n) is 3.13. The van der Waals surface area contributed by atoms with E-state index in [4.69, 9.17) is 4.42 Å². The molecule has 0 radical (unpaired) electrons. The molecule has 0 aliphatic heterocycles. The van der Waals surface area contributed by atoms with Crippen molar-refractivity contribution >= 4 is 11.0 Å². The SMILES string of the molecule is CC(C)c1ccnc(-c2cc3ccccc3o2)c1. The van der Waals surface area contributed by atoms with Crippen molar-refractivity contribution in [3.8, 4) is 11.5 Å². The number of para-hydroxylation sites is 1. The average molecular weight is 237 g/mol. The van der Waals surface area contributed by atoms with Crippen LogP contribution < -0.4 is 0 Å². The highest BCUT2D eigenvalue weighted by molar-refractivity contribution is 5.82. The Morgan fingerprint density at radius 2 is 1.89 bits per heavy atom. The smallest absolute Gasteiger partial charge is 0.153 e. The number of fused-ring (bicyclic) bond motifs is 1. The lowest BCUT2D eigenvalue weighted by Gasteiger charge is -2.05. The number of rotatable bonds is 2. The Balaban J connectivity index is 2.11. The van der Waals surface area contributed by atoms with E-state index in [1.807, 2.05) is 30.5 Å². The largest absolute Gasteiger partial charge is 0.454 e. The summed E-state index contributed by atoms with van der Waals surface area (Å²) in [5.74, 6) is 1.33. The Morgan fingerprint density at radius 3 is 2.67 bits per heavy atom. The van der Waals surface area contributed by atoms with Crippen LogP contribution in [0.4, 0.5) is 0 Å². The maximum absolute atomic E-state index is 5.83. The summed E-state index contributed by atoms with van der Waals surface area (Å²) < 4.78 is 5.83. The molecule has 1 aromatic carbocycles. The van der Waals surface area contributed by atoms with Crippen LogP contribution in [-0.4, -0.2) is 4.98 Å². The topological polar surface area (TPSA) is 26.0 Å². The van der Waals surface area contributed by atoms with Crippen LogP contribution in [0.15, 0.2) is 53.1 Å². The standard InChI is InChI=1S/C16H15NO/c1-11(2)12-7-8-17-14(9-12)16-10-13-5-3-4-6-15(13)18-16/h3-11H,1-2H3. The van der Waals surface area contributed by atoms with E-state index in [2.05, 4.69) is 37.0 Å². The maximum Gasteiger partial charge on any atom is 0.153 e. The molecular weight excluding hydrogens is 222 g/mol. The van der Waals surface area contributed by atoms with Gasteiger partial charge in [-0.3, -0.25) is 4.98 Å². The summed E-state index contributed by atoms with van der Waals surface area (Å²) >= 11 is 0. The molecule has 0 aliphatic carbocycles. The van der Waals surface area contributed by atoms with E-state index in [0.717, 1.165) is 22.4 Å². The van der Waals surface area contributed by atoms with E-state index < -0.39 is 0 Å². The van der Waals surface area contributed by atoms with Gasteiger partial charge in [-0.25, -0.2) is 0 Å². The van der Waals surface area contributed by atoms with Crippen molar-refractivity contribution in [2.45, 2.75) is 19.8 Å².